The molecule has 1 aliphatic heterocycles. The lowest BCUT2D eigenvalue weighted by atomic mass is 9.97. The Kier molecular flexibility index (Phi) is 4.57. The van der Waals surface area contributed by atoms with Crippen LogP contribution in [-0.2, 0) is 6.54 Å². The summed E-state index contributed by atoms with van der Waals surface area (Å²) in [7, 11) is 2.20. The van der Waals surface area contributed by atoms with E-state index in [0.29, 0.717) is 0 Å². The smallest absolute Gasteiger partial charge is 0.127 e. The molecule has 0 saturated carbocycles. The standard InChI is InChI=1S/C16H21BrClN3/c1-11(18)16-19-14-9-13(17)3-4-15(14)21(16)10-12-5-7-20(2)8-6-12/h3-4,9,11-12H,5-8,10H2,1-2H3. The van der Waals surface area contributed by atoms with Gasteiger partial charge in [-0.1, -0.05) is 15.9 Å². The zero-order valence-electron chi connectivity index (χ0n) is 12.5. The van der Waals surface area contributed by atoms with Crippen molar-refractivity contribution in [2.75, 3.05) is 20.1 Å². The van der Waals surface area contributed by atoms with Crippen molar-refractivity contribution < 1.29 is 0 Å². The van der Waals surface area contributed by atoms with E-state index in [4.69, 9.17) is 16.6 Å². The number of benzene rings is 1. The first-order chi connectivity index (χ1) is 10.0. The second kappa shape index (κ2) is 6.27. The molecule has 0 spiro atoms. The fourth-order valence-corrected chi connectivity index (χ4v) is 3.64. The number of alkyl halides is 1. The summed E-state index contributed by atoms with van der Waals surface area (Å²) in [4.78, 5) is 7.15. The molecule has 21 heavy (non-hydrogen) atoms. The normalized spacial score (nSPS) is 19.2. The molecular weight excluding hydrogens is 350 g/mol. The minimum absolute atomic E-state index is 0.0672. The Balaban J connectivity index is 1.93. The molecule has 0 bridgehead atoms. The predicted octanol–water partition coefficient (Wildman–Crippen LogP) is 4.44. The van der Waals surface area contributed by atoms with Gasteiger partial charge in [0.25, 0.3) is 0 Å². The van der Waals surface area contributed by atoms with Crippen LogP contribution in [0.15, 0.2) is 22.7 Å². The minimum Gasteiger partial charge on any atom is -0.326 e. The van der Waals surface area contributed by atoms with Gasteiger partial charge < -0.3 is 9.47 Å². The third-order valence-corrected chi connectivity index (χ3v) is 5.06. The molecule has 1 aromatic heterocycles. The quantitative estimate of drug-likeness (QED) is 0.745. The van der Waals surface area contributed by atoms with Crippen LogP contribution < -0.4 is 0 Å². The SMILES string of the molecule is CC(Cl)c1nc2cc(Br)ccc2n1CC1CCN(C)CC1. The first-order valence-corrected chi connectivity index (χ1v) is 8.76. The van der Waals surface area contributed by atoms with Crippen molar-refractivity contribution in [2.24, 2.45) is 5.92 Å². The van der Waals surface area contributed by atoms with Gasteiger partial charge >= 0.3 is 0 Å². The highest BCUT2D eigenvalue weighted by molar-refractivity contribution is 9.10. The van der Waals surface area contributed by atoms with E-state index < -0.39 is 0 Å². The lowest BCUT2D eigenvalue weighted by Gasteiger charge is -2.29. The Morgan fingerprint density at radius 3 is 2.76 bits per heavy atom. The number of halogens is 2. The van der Waals surface area contributed by atoms with Crippen molar-refractivity contribution in [1.29, 1.82) is 0 Å². The highest BCUT2D eigenvalue weighted by Gasteiger charge is 2.21. The van der Waals surface area contributed by atoms with E-state index in [0.717, 1.165) is 28.3 Å². The van der Waals surface area contributed by atoms with Gasteiger partial charge in [0.05, 0.1) is 16.4 Å². The number of fused-ring (bicyclic) bond motifs is 1. The zero-order valence-corrected chi connectivity index (χ0v) is 14.9. The molecule has 0 amide bonds. The van der Waals surface area contributed by atoms with Gasteiger partial charge in [-0.05, 0) is 64.0 Å². The second-order valence-corrected chi connectivity index (χ2v) is 7.65. The Hall–Kier alpha value is -0.580. The summed E-state index contributed by atoms with van der Waals surface area (Å²) < 4.78 is 3.39. The van der Waals surface area contributed by atoms with Crippen LogP contribution in [0, 0.1) is 5.92 Å². The van der Waals surface area contributed by atoms with Gasteiger partial charge in [0.1, 0.15) is 5.82 Å². The summed E-state index contributed by atoms with van der Waals surface area (Å²) in [6.45, 7) is 5.41. The van der Waals surface area contributed by atoms with Gasteiger partial charge in [0, 0.05) is 11.0 Å². The third-order valence-electron chi connectivity index (χ3n) is 4.37. The zero-order chi connectivity index (χ0) is 15.0. The van der Waals surface area contributed by atoms with Crippen molar-refractivity contribution in [3.63, 3.8) is 0 Å². The van der Waals surface area contributed by atoms with Crippen molar-refractivity contribution in [1.82, 2.24) is 14.5 Å². The average Bonchev–Trinajstić information content (AvgIpc) is 2.79. The molecule has 114 valence electrons. The topological polar surface area (TPSA) is 21.1 Å². The summed E-state index contributed by atoms with van der Waals surface area (Å²) in [5.74, 6) is 1.71. The minimum atomic E-state index is -0.0672. The van der Waals surface area contributed by atoms with Crippen LogP contribution in [0.4, 0.5) is 0 Å². The molecule has 3 rings (SSSR count). The molecule has 1 unspecified atom stereocenters. The summed E-state index contributed by atoms with van der Waals surface area (Å²) in [5, 5.41) is -0.0672. The summed E-state index contributed by atoms with van der Waals surface area (Å²) >= 11 is 9.88. The number of hydrogen-bond acceptors (Lipinski definition) is 2. The maximum atomic E-state index is 6.36. The van der Waals surface area contributed by atoms with Crippen LogP contribution in [0.25, 0.3) is 11.0 Å². The van der Waals surface area contributed by atoms with Crippen molar-refractivity contribution in [3.8, 4) is 0 Å². The van der Waals surface area contributed by atoms with Crippen molar-refractivity contribution >= 4 is 38.6 Å². The molecule has 0 radical (unpaired) electrons. The molecule has 1 fully saturated rings. The number of imidazole rings is 1. The number of hydrogen-bond donors (Lipinski definition) is 0. The molecule has 1 aliphatic rings. The predicted molar refractivity (Wildman–Crippen MR) is 91.9 cm³/mol. The molecule has 1 saturated heterocycles. The molecular formula is C16H21BrClN3. The molecule has 0 aliphatic carbocycles. The highest BCUT2D eigenvalue weighted by Crippen LogP contribution is 2.29. The first kappa shape index (κ1) is 15.3. The van der Waals surface area contributed by atoms with E-state index in [-0.39, 0.29) is 5.38 Å². The number of piperidine rings is 1. The van der Waals surface area contributed by atoms with Crippen molar-refractivity contribution in [3.05, 3.63) is 28.5 Å². The summed E-state index contributed by atoms with van der Waals surface area (Å²) in [6, 6.07) is 6.30. The molecule has 2 heterocycles. The fourth-order valence-electron chi connectivity index (χ4n) is 3.12. The number of nitrogens with zero attached hydrogens (tertiary/aromatic N) is 3. The van der Waals surface area contributed by atoms with Gasteiger partial charge in [-0.15, -0.1) is 11.6 Å². The van der Waals surface area contributed by atoms with Gasteiger partial charge in [0.15, 0.2) is 0 Å². The lowest BCUT2D eigenvalue weighted by molar-refractivity contribution is 0.205. The van der Waals surface area contributed by atoms with E-state index in [1.54, 1.807) is 0 Å². The van der Waals surface area contributed by atoms with Gasteiger partial charge in [-0.25, -0.2) is 4.98 Å². The molecule has 1 aromatic carbocycles. The van der Waals surface area contributed by atoms with E-state index in [2.05, 4.69) is 50.6 Å². The Morgan fingerprint density at radius 2 is 2.10 bits per heavy atom. The monoisotopic (exact) mass is 369 g/mol. The first-order valence-electron chi connectivity index (χ1n) is 7.53. The Bertz CT molecular complexity index is 630. The van der Waals surface area contributed by atoms with Gasteiger partial charge in [-0.3, -0.25) is 0 Å². The molecule has 5 heteroatoms. The lowest BCUT2D eigenvalue weighted by Crippen LogP contribution is -2.32. The van der Waals surface area contributed by atoms with E-state index >= 15 is 0 Å². The van der Waals surface area contributed by atoms with E-state index in [9.17, 15) is 0 Å². The Morgan fingerprint density at radius 1 is 1.38 bits per heavy atom. The molecule has 2 aromatic rings. The van der Waals surface area contributed by atoms with Crippen LogP contribution in [0.3, 0.4) is 0 Å². The van der Waals surface area contributed by atoms with E-state index in [1.807, 2.05) is 6.92 Å². The van der Waals surface area contributed by atoms with E-state index in [1.165, 1.54) is 31.4 Å². The molecule has 3 nitrogen and oxygen atoms in total. The number of likely N-dealkylation sites (tertiary alicyclic amines) is 1. The van der Waals surface area contributed by atoms with Crippen LogP contribution >= 0.6 is 27.5 Å². The number of aromatic nitrogens is 2. The average molecular weight is 371 g/mol. The maximum Gasteiger partial charge on any atom is 0.127 e. The fraction of sp³-hybridized carbons (Fsp3) is 0.562. The van der Waals surface area contributed by atoms with Crippen molar-refractivity contribution in [2.45, 2.75) is 31.7 Å². The summed E-state index contributed by atoms with van der Waals surface area (Å²) in [6.07, 6.45) is 2.51. The second-order valence-electron chi connectivity index (χ2n) is 6.08. The molecule has 0 N–H and O–H groups in total. The third kappa shape index (κ3) is 3.27. The largest absolute Gasteiger partial charge is 0.326 e. The maximum absolute atomic E-state index is 6.36. The summed E-state index contributed by atoms with van der Waals surface area (Å²) in [5.41, 5.74) is 2.22. The number of rotatable bonds is 3. The van der Waals surface area contributed by atoms with Crippen LogP contribution in [-0.4, -0.2) is 34.6 Å². The molecule has 1 atom stereocenters. The highest BCUT2D eigenvalue weighted by atomic mass is 79.9. The van der Waals surface area contributed by atoms with Crippen LogP contribution in [0.2, 0.25) is 0 Å². The van der Waals surface area contributed by atoms with Gasteiger partial charge in [0.2, 0.25) is 0 Å². The van der Waals surface area contributed by atoms with Crippen LogP contribution in [0.1, 0.15) is 31.0 Å². The van der Waals surface area contributed by atoms with Crippen LogP contribution in [0.5, 0.6) is 0 Å². The van der Waals surface area contributed by atoms with Gasteiger partial charge in [-0.2, -0.15) is 0 Å². The Labute approximate surface area is 139 Å².